The minimum Gasteiger partial charge on any atom is -0.307 e. The van der Waals surface area contributed by atoms with Crippen molar-refractivity contribution in [2.75, 3.05) is 5.32 Å². The molecule has 1 aromatic carbocycles. The van der Waals surface area contributed by atoms with Crippen molar-refractivity contribution in [3.8, 4) is 0 Å². The van der Waals surface area contributed by atoms with Gasteiger partial charge in [-0.05, 0) is 47.0 Å². The van der Waals surface area contributed by atoms with Gasteiger partial charge in [0.2, 0.25) is 5.91 Å². The summed E-state index contributed by atoms with van der Waals surface area (Å²) < 4.78 is 2.93. The Morgan fingerprint density at radius 3 is 2.74 bits per heavy atom. The Hall–Kier alpha value is -3.01. The Balaban J connectivity index is 1.72. The van der Waals surface area contributed by atoms with Gasteiger partial charge in [0.1, 0.15) is 22.9 Å². The van der Waals surface area contributed by atoms with Crippen LogP contribution in [0.2, 0.25) is 0 Å². The lowest BCUT2D eigenvalue weighted by Gasteiger charge is -2.11. The number of aromatic nitrogens is 4. The standard InChI is InChI=1S/C17H17BrN6O3/c1-9-5-4-6-11(10(9)2)20-17(27)21-12(25)7-24-8-19-15-13(16(24)26)14(18)22-23(15)3/h4-6,8H,7H2,1-3H3,(H2,20,21,25,27). The van der Waals surface area contributed by atoms with E-state index >= 15 is 0 Å². The number of imide groups is 1. The van der Waals surface area contributed by atoms with E-state index in [4.69, 9.17) is 0 Å². The quantitative estimate of drug-likeness (QED) is 0.655. The topological polar surface area (TPSA) is 111 Å². The molecule has 0 aliphatic carbocycles. The Kier molecular flexibility index (Phi) is 5.08. The number of rotatable bonds is 3. The van der Waals surface area contributed by atoms with Crippen LogP contribution in [-0.4, -0.2) is 31.3 Å². The lowest BCUT2D eigenvalue weighted by Crippen LogP contribution is -2.38. The van der Waals surface area contributed by atoms with Crippen LogP contribution >= 0.6 is 15.9 Å². The van der Waals surface area contributed by atoms with Gasteiger partial charge in [0.25, 0.3) is 5.56 Å². The molecule has 2 heterocycles. The second-order valence-corrected chi connectivity index (χ2v) is 6.79. The molecular weight excluding hydrogens is 416 g/mol. The zero-order valence-corrected chi connectivity index (χ0v) is 16.5. The number of halogens is 1. The average Bonchev–Trinajstić information content (AvgIpc) is 2.89. The molecule has 3 rings (SSSR count). The fourth-order valence-corrected chi connectivity index (χ4v) is 3.19. The van der Waals surface area contributed by atoms with Crippen molar-refractivity contribution in [2.45, 2.75) is 20.4 Å². The van der Waals surface area contributed by atoms with Crippen LogP contribution < -0.4 is 16.2 Å². The number of hydrogen-bond acceptors (Lipinski definition) is 5. The fourth-order valence-electron chi connectivity index (χ4n) is 2.61. The van der Waals surface area contributed by atoms with Crippen molar-refractivity contribution in [3.63, 3.8) is 0 Å². The van der Waals surface area contributed by atoms with Gasteiger partial charge in [0.15, 0.2) is 5.65 Å². The molecule has 0 aliphatic rings. The first-order chi connectivity index (χ1) is 12.8. The van der Waals surface area contributed by atoms with E-state index in [1.165, 1.54) is 11.0 Å². The lowest BCUT2D eigenvalue weighted by atomic mass is 10.1. The van der Waals surface area contributed by atoms with Crippen LogP contribution in [0.3, 0.4) is 0 Å². The van der Waals surface area contributed by atoms with E-state index in [2.05, 4.69) is 36.6 Å². The Morgan fingerprint density at radius 2 is 2.00 bits per heavy atom. The van der Waals surface area contributed by atoms with Gasteiger partial charge < -0.3 is 5.32 Å². The predicted molar refractivity (Wildman–Crippen MR) is 104 cm³/mol. The third-order valence-corrected chi connectivity index (χ3v) is 4.74. The van der Waals surface area contributed by atoms with E-state index in [-0.39, 0.29) is 11.9 Å². The number of amides is 3. The van der Waals surface area contributed by atoms with E-state index in [0.717, 1.165) is 15.7 Å². The van der Waals surface area contributed by atoms with Crippen molar-refractivity contribution in [1.29, 1.82) is 0 Å². The highest BCUT2D eigenvalue weighted by atomic mass is 79.9. The molecule has 0 unspecified atom stereocenters. The minimum atomic E-state index is -0.668. The van der Waals surface area contributed by atoms with Crippen molar-refractivity contribution in [2.24, 2.45) is 7.05 Å². The molecule has 27 heavy (non-hydrogen) atoms. The van der Waals surface area contributed by atoms with Crippen molar-refractivity contribution >= 4 is 44.6 Å². The summed E-state index contributed by atoms with van der Waals surface area (Å²) in [7, 11) is 1.66. The maximum atomic E-state index is 12.5. The Morgan fingerprint density at radius 1 is 1.26 bits per heavy atom. The van der Waals surface area contributed by atoms with Crippen LogP contribution in [0.1, 0.15) is 11.1 Å². The summed E-state index contributed by atoms with van der Waals surface area (Å²) in [5.74, 6) is -0.638. The summed E-state index contributed by atoms with van der Waals surface area (Å²) in [6.45, 7) is 3.46. The van der Waals surface area contributed by atoms with E-state index in [9.17, 15) is 14.4 Å². The fraction of sp³-hybridized carbons (Fsp3) is 0.235. The molecule has 10 heteroatoms. The zero-order chi connectivity index (χ0) is 19.7. The van der Waals surface area contributed by atoms with Gasteiger partial charge in [-0.15, -0.1) is 0 Å². The molecule has 3 aromatic rings. The molecule has 0 aliphatic heterocycles. The average molecular weight is 433 g/mol. The number of carbonyl (C=O) groups excluding carboxylic acids is 2. The number of fused-ring (bicyclic) bond motifs is 1. The van der Waals surface area contributed by atoms with E-state index in [0.29, 0.717) is 15.9 Å². The molecule has 9 nitrogen and oxygen atoms in total. The highest BCUT2D eigenvalue weighted by Gasteiger charge is 2.16. The third-order valence-electron chi connectivity index (χ3n) is 4.19. The number of benzene rings is 1. The largest absolute Gasteiger partial charge is 0.325 e. The smallest absolute Gasteiger partial charge is 0.307 e. The van der Waals surface area contributed by atoms with Crippen LogP contribution in [0.25, 0.3) is 11.0 Å². The molecule has 3 amide bonds. The van der Waals surface area contributed by atoms with Crippen LogP contribution in [-0.2, 0) is 18.4 Å². The molecule has 2 aromatic heterocycles. The van der Waals surface area contributed by atoms with Gasteiger partial charge in [0.05, 0.1) is 0 Å². The molecule has 0 fully saturated rings. The second kappa shape index (κ2) is 7.31. The summed E-state index contributed by atoms with van der Waals surface area (Å²) in [5.41, 5.74) is 2.51. The van der Waals surface area contributed by atoms with Gasteiger partial charge in [-0.3, -0.25) is 19.5 Å². The molecule has 0 bridgehead atoms. The van der Waals surface area contributed by atoms with Gasteiger partial charge in [-0.1, -0.05) is 12.1 Å². The number of nitrogens with zero attached hydrogens (tertiary/aromatic N) is 4. The number of carbonyl (C=O) groups is 2. The summed E-state index contributed by atoms with van der Waals surface area (Å²) in [5, 5.41) is 9.18. The summed E-state index contributed by atoms with van der Waals surface area (Å²) in [4.78, 5) is 40.9. The highest BCUT2D eigenvalue weighted by molar-refractivity contribution is 9.10. The first kappa shape index (κ1) is 18.8. The molecule has 0 saturated carbocycles. The first-order valence-electron chi connectivity index (χ1n) is 8.02. The molecule has 0 radical (unpaired) electrons. The molecular formula is C17H17BrN6O3. The molecule has 0 saturated heterocycles. The second-order valence-electron chi connectivity index (χ2n) is 6.04. The molecule has 0 atom stereocenters. The predicted octanol–water partition coefficient (Wildman–Crippen LogP) is 1.86. The van der Waals surface area contributed by atoms with Gasteiger partial charge in [-0.2, -0.15) is 5.10 Å². The monoisotopic (exact) mass is 432 g/mol. The van der Waals surface area contributed by atoms with Gasteiger partial charge in [-0.25, -0.2) is 14.5 Å². The summed E-state index contributed by atoms with van der Waals surface area (Å²) in [6, 6.07) is 4.81. The number of aryl methyl sites for hydroxylation is 2. The van der Waals surface area contributed by atoms with Crippen molar-refractivity contribution in [1.82, 2.24) is 24.6 Å². The SMILES string of the molecule is Cc1cccc(NC(=O)NC(=O)Cn2cnc3c(c(Br)nn3C)c2=O)c1C. The Bertz CT molecular complexity index is 1120. The highest BCUT2D eigenvalue weighted by Crippen LogP contribution is 2.18. The van der Waals surface area contributed by atoms with Crippen LogP contribution in [0, 0.1) is 13.8 Å². The van der Waals surface area contributed by atoms with Crippen LogP contribution in [0.15, 0.2) is 33.9 Å². The van der Waals surface area contributed by atoms with Gasteiger partial charge >= 0.3 is 6.03 Å². The molecule has 0 spiro atoms. The number of hydrogen-bond donors (Lipinski definition) is 2. The third kappa shape index (κ3) is 3.75. The number of nitrogens with one attached hydrogen (secondary N) is 2. The van der Waals surface area contributed by atoms with Crippen molar-refractivity contribution < 1.29 is 9.59 Å². The first-order valence-corrected chi connectivity index (χ1v) is 8.82. The maximum absolute atomic E-state index is 12.5. The Labute approximate surface area is 162 Å². The van der Waals surface area contributed by atoms with Crippen molar-refractivity contribution in [3.05, 3.63) is 50.6 Å². The minimum absolute atomic E-state index is 0.271. The molecule has 140 valence electrons. The zero-order valence-electron chi connectivity index (χ0n) is 14.9. The van der Waals surface area contributed by atoms with Crippen LogP contribution in [0.5, 0.6) is 0 Å². The number of urea groups is 1. The lowest BCUT2D eigenvalue weighted by molar-refractivity contribution is -0.120. The molecule has 2 N–H and O–H groups in total. The number of anilines is 1. The van der Waals surface area contributed by atoms with E-state index in [1.807, 2.05) is 26.0 Å². The van der Waals surface area contributed by atoms with E-state index in [1.54, 1.807) is 13.1 Å². The van der Waals surface area contributed by atoms with E-state index < -0.39 is 17.5 Å². The van der Waals surface area contributed by atoms with Gasteiger partial charge in [0, 0.05) is 12.7 Å². The summed E-state index contributed by atoms with van der Waals surface area (Å²) in [6.07, 6.45) is 1.25. The summed E-state index contributed by atoms with van der Waals surface area (Å²) >= 11 is 3.21. The maximum Gasteiger partial charge on any atom is 0.325 e. The van der Waals surface area contributed by atoms with Crippen LogP contribution in [0.4, 0.5) is 10.5 Å². The normalized spacial score (nSPS) is 10.8.